The summed E-state index contributed by atoms with van der Waals surface area (Å²) in [4.78, 5) is 10.2. The summed E-state index contributed by atoms with van der Waals surface area (Å²) < 4.78 is 12.4. The molecule has 3 N–H and O–H groups in total. The van der Waals surface area contributed by atoms with Crippen LogP contribution in [0.25, 0.3) is 0 Å². The predicted molar refractivity (Wildman–Crippen MR) is 105 cm³/mol. The zero-order chi connectivity index (χ0) is 18.4. The van der Waals surface area contributed by atoms with E-state index in [9.17, 15) is 14.6 Å². The van der Waals surface area contributed by atoms with E-state index in [2.05, 4.69) is 5.32 Å². The van der Waals surface area contributed by atoms with Crippen molar-refractivity contribution in [3.05, 3.63) is 58.1 Å². The monoisotopic (exact) mass is 383 g/mol. The number of rotatable bonds is 8. The van der Waals surface area contributed by atoms with E-state index in [1.165, 1.54) is 0 Å². The smallest absolute Gasteiger partial charge is 0.207 e. The fourth-order valence-electron chi connectivity index (χ4n) is 2.84. The molecule has 0 spiro atoms. The van der Waals surface area contributed by atoms with Gasteiger partial charge in [-0.05, 0) is 49.5 Å². The van der Waals surface area contributed by atoms with E-state index in [0.717, 1.165) is 29.5 Å². The number of hydrogen-bond donors (Lipinski definition) is 3. The summed E-state index contributed by atoms with van der Waals surface area (Å²) in [6.45, 7) is 4.18. The fraction of sp³-hybridized carbons (Fsp3) is 0.474. The van der Waals surface area contributed by atoms with Crippen molar-refractivity contribution in [2.45, 2.75) is 38.8 Å². The minimum Gasteiger partial charge on any atom is -0.391 e. The molecular weight excluding hydrogens is 357 g/mol. The molecule has 25 heavy (non-hydrogen) atoms. The molecule has 0 fully saturated rings. The van der Waals surface area contributed by atoms with E-state index in [0.29, 0.717) is 5.02 Å². The lowest BCUT2D eigenvalue weighted by molar-refractivity contribution is 0.186. The molecule has 0 saturated heterocycles. The summed E-state index contributed by atoms with van der Waals surface area (Å²) >= 11 is 6.14. The quantitative estimate of drug-likeness (QED) is 0.588. The lowest BCUT2D eigenvalue weighted by atomic mass is 10.1. The Morgan fingerprint density at radius 1 is 1.36 bits per heavy atom. The van der Waals surface area contributed by atoms with Crippen LogP contribution in [0.15, 0.2) is 42.0 Å². The average molecular weight is 384 g/mol. The Kier molecular flexibility index (Phi) is 7.48. The minimum absolute atomic E-state index is 0.00480. The second kappa shape index (κ2) is 9.16. The number of nitrogens with one attached hydrogen (secondary N) is 1. The van der Waals surface area contributed by atoms with Crippen LogP contribution in [-0.4, -0.2) is 35.0 Å². The Balaban J connectivity index is 1.83. The largest absolute Gasteiger partial charge is 0.391 e. The van der Waals surface area contributed by atoms with Crippen LogP contribution in [0.4, 0.5) is 0 Å². The molecule has 0 radical (unpaired) electrons. The zero-order valence-electron chi connectivity index (χ0n) is 14.8. The Morgan fingerprint density at radius 3 is 2.76 bits per heavy atom. The van der Waals surface area contributed by atoms with Gasteiger partial charge in [0.1, 0.15) is 0 Å². The van der Waals surface area contributed by atoms with Crippen molar-refractivity contribution in [1.29, 1.82) is 0 Å². The van der Waals surface area contributed by atoms with E-state index in [-0.39, 0.29) is 24.9 Å². The fourth-order valence-corrected chi connectivity index (χ4v) is 4.75. The van der Waals surface area contributed by atoms with Gasteiger partial charge >= 0.3 is 0 Å². The molecule has 0 heterocycles. The van der Waals surface area contributed by atoms with Gasteiger partial charge < -0.3 is 15.3 Å². The summed E-state index contributed by atoms with van der Waals surface area (Å²) in [7, 11) is -3.39. The van der Waals surface area contributed by atoms with Gasteiger partial charge in [0, 0.05) is 23.8 Å². The van der Waals surface area contributed by atoms with Crippen LogP contribution in [0.2, 0.25) is 5.02 Å². The number of aryl methyl sites for hydroxylation is 1. The molecule has 1 aliphatic rings. The third-order valence-corrected chi connectivity index (χ3v) is 6.61. The molecule has 0 saturated carbocycles. The van der Waals surface area contributed by atoms with Crippen molar-refractivity contribution >= 4 is 19.0 Å². The SMILES string of the molecule is Cc1ccc([C@H](C)NC[C@H](O)CP(=O)(O)CC2=CCCC=C2)cc1Cl. The zero-order valence-corrected chi connectivity index (χ0v) is 16.4. The lowest BCUT2D eigenvalue weighted by Gasteiger charge is -2.20. The van der Waals surface area contributed by atoms with Crippen LogP contribution in [0.3, 0.4) is 0 Å². The number of allylic oxidation sites excluding steroid dienone is 4. The van der Waals surface area contributed by atoms with Crippen molar-refractivity contribution in [1.82, 2.24) is 5.32 Å². The molecule has 3 atom stereocenters. The topological polar surface area (TPSA) is 69.6 Å². The van der Waals surface area contributed by atoms with Gasteiger partial charge in [0.2, 0.25) is 7.37 Å². The van der Waals surface area contributed by atoms with Crippen LogP contribution >= 0.6 is 19.0 Å². The molecule has 0 bridgehead atoms. The van der Waals surface area contributed by atoms with E-state index in [1.807, 2.05) is 50.3 Å². The van der Waals surface area contributed by atoms with Gasteiger partial charge in [-0.2, -0.15) is 0 Å². The first kappa shape index (κ1) is 20.4. The third-order valence-electron chi connectivity index (χ3n) is 4.35. The molecule has 1 unspecified atom stereocenters. The van der Waals surface area contributed by atoms with Crippen molar-refractivity contribution in [2.75, 3.05) is 18.9 Å². The van der Waals surface area contributed by atoms with Gasteiger partial charge in [0.25, 0.3) is 0 Å². The highest BCUT2D eigenvalue weighted by Gasteiger charge is 2.24. The second-order valence-electron chi connectivity index (χ2n) is 6.74. The number of aliphatic hydroxyl groups is 1. The number of aliphatic hydroxyl groups excluding tert-OH is 1. The Morgan fingerprint density at radius 2 is 2.12 bits per heavy atom. The maximum Gasteiger partial charge on any atom is 0.207 e. The maximum absolute atomic E-state index is 12.4. The summed E-state index contributed by atoms with van der Waals surface area (Å²) in [6, 6.07) is 5.85. The van der Waals surface area contributed by atoms with Gasteiger partial charge in [0.05, 0.1) is 12.3 Å². The molecule has 6 heteroatoms. The molecular formula is C19H27ClNO3P. The Hall–Kier alpha value is -0.900. The molecule has 1 aliphatic carbocycles. The molecule has 0 aromatic heterocycles. The highest BCUT2D eigenvalue weighted by atomic mass is 35.5. The molecule has 1 aromatic carbocycles. The van der Waals surface area contributed by atoms with Crippen LogP contribution in [0.1, 0.15) is 36.9 Å². The lowest BCUT2D eigenvalue weighted by Crippen LogP contribution is -2.31. The van der Waals surface area contributed by atoms with Gasteiger partial charge in [-0.1, -0.05) is 42.0 Å². The highest BCUT2D eigenvalue weighted by molar-refractivity contribution is 7.58. The molecule has 0 aliphatic heterocycles. The van der Waals surface area contributed by atoms with Crippen molar-refractivity contribution in [3.63, 3.8) is 0 Å². The summed E-state index contributed by atoms with van der Waals surface area (Å²) in [6.07, 6.45) is 6.96. The summed E-state index contributed by atoms with van der Waals surface area (Å²) in [5.74, 6) is 0. The average Bonchev–Trinajstić information content (AvgIpc) is 2.55. The van der Waals surface area contributed by atoms with Crippen LogP contribution < -0.4 is 5.32 Å². The Labute approximate surface area is 155 Å². The predicted octanol–water partition coefficient (Wildman–Crippen LogP) is 4.21. The van der Waals surface area contributed by atoms with Crippen LogP contribution in [-0.2, 0) is 4.57 Å². The first-order valence-electron chi connectivity index (χ1n) is 8.61. The first-order valence-corrected chi connectivity index (χ1v) is 11.0. The van der Waals surface area contributed by atoms with Gasteiger partial charge in [0.15, 0.2) is 0 Å². The summed E-state index contributed by atoms with van der Waals surface area (Å²) in [5.41, 5.74) is 2.93. The number of benzene rings is 1. The Bertz CT molecular complexity index is 702. The van der Waals surface area contributed by atoms with Crippen LogP contribution in [0.5, 0.6) is 0 Å². The third kappa shape index (κ3) is 6.73. The highest BCUT2D eigenvalue weighted by Crippen LogP contribution is 2.43. The number of hydrogen-bond acceptors (Lipinski definition) is 3. The molecule has 4 nitrogen and oxygen atoms in total. The van der Waals surface area contributed by atoms with Gasteiger partial charge in [-0.25, -0.2) is 0 Å². The molecule has 2 rings (SSSR count). The van der Waals surface area contributed by atoms with Gasteiger partial charge in [-0.15, -0.1) is 0 Å². The van der Waals surface area contributed by atoms with Crippen molar-refractivity contribution in [2.24, 2.45) is 0 Å². The van der Waals surface area contributed by atoms with Crippen LogP contribution in [0, 0.1) is 6.92 Å². The molecule has 138 valence electrons. The molecule has 1 aromatic rings. The van der Waals surface area contributed by atoms with Gasteiger partial charge in [-0.3, -0.25) is 4.57 Å². The number of halogens is 1. The van der Waals surface area contributed by atoms with E-state index in [4.69, 9.17) is 11.6 Å². The standard InChI is InChI=1S/C19H27ClNO3P/c1-14-8-9-17(10-19(14)20)15(2)21-11-18(22)13-25(23,24)12-16-6-4-3-5-7-16/h4,6-10,15,18,21-22H,3,5,11-13H2,1-2H3,(H,23,24)/t15-,18-/m0/s1. The van der Waals surface area contributed by atoms with Crippen molar-refractivity contribution in [3.8, 4) is 0 Å². The van der Waals surface area contributed by atoms with E-state index < -0.39 is 13.5 Å². The normalized spacial score (nSPS) is 19.2. The second-order valence-corrected chi connectivity index (χ2v) is 9.52. The maximum atomic E-state index is 12.4. The van der Waals surface area contributed by atoms with Crippen molar-refractivity contribution < 1.29 is 14.6 Å². The first-order chi connectivity index (χ1) is 11.8. The minimum atomic E-state index is -3.39. The van der Waals surface area contributed by atoms with E-state index in [1.54, 1.807) is 0 Å². The molecule has 0 amide bonds. The summed E-state index contributed by atoms with van der Waals surface area (Å²) in [5, 5.41) is 14.1. The van der Waals surface area contributed by atoms with E-state index >= 15 is 0 Å².